The highest BCUT2D eigenvalue weighted by molar-refractivity contribution is 5.85. The molecule has 0 aliphatic heterocycles. The summed E-state index contributed by atoms with van der Waals surface area (Å²) in [4.78, 5) is 0. The summed E-state index contributed by atoms with van der Waals surface area (Å²) >= 11 is 0. The van der Waals surface area contributed by atoms with Gasteiger partial charge in [0, 0.05) is 6.04 Å². The number of nitrogens with zero attached hydrogens (tertiary/aromatic N) is 1. The quantitative estimate of drug-likeness (QED) is 0.840. The summed E-state index contributed by atoms with van der Waals surface area (Å²) in [7, 11) is 0. The number of hydrogen-bond donors (Lipinski definition) is 1. The summed E-state index contributed by atoms with van der Waals surface area (Å²) in [5.74, 6) is 0. The number of hydrogen-bond acceptors (Lipinski definition) is 2. The van der Waals surface area contributed by atoms with Crippen molar-refractivity contribution in [1.82, 2.24) is 0 Å². The third-order valence-corrected chi connectivity index (χ3v) is 1.86. The molecule has 0 radical (unpaired) electrons. The molecule has 0 unspecified atom stereocenters. The fourth-order valence-electron chi connectivity index (χ4n) is 1.12. The second-order valence-electron chi connectivity index (χ2n) is 2.82. The van der Waals surface area contributed by atoms with Crippen LogP contribution in [0.3, 0.4) is 0 Å². The summed E-state index contributed by atoms with van der Waals surface area (Å²) in [5.41, 5.74) is 7.06. The van der Waals surface area contributed by atoms with Gasteiger partial charge in [0.1, 0.15) is 0 Å². The monoisotopic (exact) mass is 214 g/mol. The van der Waals surface area contributed by atoms with Crippen molar-refractivity contribution in [3.63, 3.8) is 0 Å². The minimum atomic E-state index is -0.433. The van der Waals surface area contributed by atoms with E-state index < -0.39 is 6.67 Å². The van der Waals surface area contributed by atoms with E-state index in [0.717, 1.165) is 5.56 Å². The Labute approximate surface area is 88.9 Å². The van der Waals surface area contributed by atoms with E-state index in [2.05, 4.69) is 0 Å². The van der Waals surface area contributed by atoms with Crippen LogP contribution in [0.25, 0.3) is 0 Å². The fourth-order valence-corrected chi connectivity index (χ4v) is 1.12. The maximum Gasteiger partial charge on any atom is 0.0991 e. The van der Waals surface area contributed by atoms with Gasteiger partial charge in [-0.3, -0.25) is 4.39 Å². The molecule has 0 aliphatic carbocycles. The summed E-state index contributed by atoms with van der Waals surface area (Å²) < 4.78 is 12.0. The smallest absolute Gasteiger partial charge is 0.0991 e. The predicted molar refractivity (Wildman–Crippen MR) is 55.9 cm³/mol. The molecule has 0 amide bonds. The Morgan fingerprint density at radius 3 is 2.79 bits per heavy atom. The molecule has 1 aromatic rings. The van der Waals surface area contributed by atoms with Gasteiger partial charge in [0.05, 0.1) is 18.3 Å². The standard InChI is InChI=1S/C10H11FN2.ClH/c11-5-4-10(13)9-3-1-2-8(6-9)7-12;/h1-3,6,10H,4-5,13H2;1H/t10-;/m0./s1. The highest BCUT2D eigenvalue weighted by atomic mass is 35.5. The second kappa shape index (κ2) is 6.36. The molecule has 0 saturated heterocycles. The lowest BCUT2D eigenvalue weighted by Gasteiger charge is -2.09. The van der Waals surface area contributed by atoms with E-state index in [1.165, 1.54) is 0 Å². The van der Waals surface area contributed by atoms with Gasteiger partial charge in [-0.25, -0.2) is 0 Å². The average Bonchev–Trinajstić information content (AvgIpc) is 2.18. The highest BCUT2D eigenvalue weighted by Crippen LogP contribution is 2.15. The van der Waals surface area contributed by atoms with Gasteiger partial charge in [-0.2, -0.15) is 5.26 Å². The van der Waals surface area contributed by atoms with Crippen molar-refractivity contribution in [3.8, 4) is 6.07 Å². The van der Waals surface area contributed by atoms with Crippen molar-refractivity contribution in [1.29, 1.82) is 5.26 Å². The SMILES string of the molecule is Cl.N#Cc1cccc([C@@H](N)CCF)c1. The summed E-state index contributed by atoms with van der Waals surface area (Å²) in [6.07, 6.45) is 0.300. The van der Waals surface area contributed by atoms with Crippen molar-refractivity contribution >= 4 is 12.4 Å². The summed E-state index contributed by atoms with van der Waals surface area (Å²) in [5, 5.41) is 8.61. The Morgan fingerprint density at radius 2 is 2.21 bits per heavy atom. The molecule has 2 nitrogen and oxygen atoms in total. The molecule has 1 rings (SSSR count). The van der Waals surface area contributed by atoms with Crippen molar-refractivity contribution in [2.24, 2.45) is 5.73 Å². The molecule has 0 fully saturated rings. The highest BCUT2D eigenvalue weighted by Gasteiger charge is 2.05. The molecule has 2 N–H and O–H groups in total. The third-order valence-electron chi connectivity index (χ3n) is 1.86. The van der Waals surface area contributed by atoms with E-state index in [-0.39, 0.29) is 18.4 Å². The van der Waals surface area contributed by atoms with Crippen LogP contribution in [0, 0.1) is 11.3 Å². The van der Waals surface area contributed by atoms with Crippen molar-refractivity contribution in [3.05, 3.63) is 35.4 Å². The Morgan fingerprint density at radius 1 is 1.50 bits per heavy atom. The molecule has 0 aliphatic rings. The molecule has 0 heterocycles. The molecular weight excluding hydrogens is 203 g/mol. The van der Waals surface area contributed by atoms with Crippen molar-refractivity contribution in [2.75, 3.05) is 6.67 Å². The Hall–Kier alpha value is -1.11. The lowest BCUT2D eigenvalue weighted by Crippen LogP contribution is -2.10. The summed E-state index contributed by atoms with van der Waals surface area (Å²) in [6, 6.07) is 8.67. The molecule has 1 aromatic carbocycles. The number of nitrogens with two attached hydrogens (primary N) is 1. The van der Waals surface area contributed by atoms with Crippen molar-refractivity contribution < 1.29 is 4.39 Å². The van der Waals surface area contributed by atoms with Gasteiger partial charge < -0.3 is 5.73 Å². The van der Waals surface area contributed by atoms with Crippen LogP contribution in [-0.2, 0) is 0 Å². The van der Waals surface area contributed by atoms with Gasteiger partial charge >= 0.3 is 0 Å². The minimum Gasteiger partial charge on any atom is -0.324 e. The Kier molecular flexibility index (Phi) is 5.86. The largest absolute Gasteiger partial charge is 0.324 e. The molecule has 0 bridgehead atoms. The van der Waals surface area contributed by atoms with E-state index in [0.29, 0.717) is 12.0 Å². The second-order valence-corrected chi connectivity index (χ2v) is 2.82. The van der Waals surface area contributed by atoms with Gasteiger partial charge in [0.2, 0.25) is 0 Å². The van der Waals surface area contributed by atoms with Crippen LogP contribution in [0.1, 0.15) is 23.6 Å². The third kappa shape index (κ3) is 3.33. The molecule has 14 heavy (non-hydrogen) atoms. The lowest BCUT2D eigenvalue weighted by atomic mass is 10.0. The maximum absolute atomic E-state index is 12.0. The molecule has 0 saturated carbocycles. The van der Waals surface area contributed by atoms with Gasteiger partial charge in [0.25, 0.3) is 0 Å². The Bertz CT molecular complexity index is 322. The molecule has 0 aromatic heterocycles. The van der Waals surface area contributed by atoms with Gasteiger partial charge in [-0.05, 0) is 24.1 Å². The zero-order chi connectivity index (χ0) is 9.68. The van der Waals surface area contributed by atoms with Gasteiger partial charge in [-0.15, -0.1) is 12.4 Å². The first-order chi connectivity index (χ1) is 6.27. The lowest BCUT2D eigenvalue weighted by molar-refractivity contribution is 0.442. The normalized spacial score (nSPS) is 11.2. The van der Waals surface area contributed by atoms with Crippen LogP contribution < -0.4 is 5.73 Å². The molecule has 4 heteroatoms. The number of nitriles is 1. The average molecular weight is 215 g/mol. The van der Waals surface area contributed by atoms with Gasteiger partial charge in [0.15, 0.2) is 0 Å². The van der Waals surface area contributed by atoms with E-state index in [1.807, 2.05) is 6.07 Å². The van der Waals surface area contributed by atoms with E-state index in [9.17, 15) is 4.39 Å². The molecule has 76 valence electrons. The van der Waals surface area contributed by atoms with Crippen LogP contribution in [0.2, 0.25) is 0 Å². The summed E-state index contributed by atoms with van der Waals surface area (Å²) in [6.45, 7) is -0.433. The Balaban J connectivity index is 0.00000169. The van der Waals surface area contributed by atoms with Crippen LogP contribution in [0.4, 0.5) is 4.39 Å². The first kappa shape index (κ1) is 12.9. The fraction of sp³-hybridized carbons (Fsp3) is 0.300. The predicted octanol–water partition coefficient (Wildman–Crippen LogP) is 2.34. The van der Waals surface area contributed by atoms with Gasteiger partial charge in [-0.1, -0.05) is 12.1 Å². The first-order valence-corrected chi connectivity index (χ1v) is 4.09. The first-order valence-electron chi connectivity index (χ1n) is 4.09. The van der Waals surface area contributed by atoms with E-state index in [4.69, 9.17) is 11.0 Å². The molecular formula is C10H12ClFN2. The minimum absolute atomic E-state index is 0. The van der Waals surface area contributed by atoms with E-state index in [1.54, 1.807) is 24.3 Å². The molecule has 0 spiro atoms. The maximum atomic E-state index is 12.0. The molecule has 1 atom stereocenters. The van der Waals surface area contributed by atoms with Crippen LogP contribution in [0.5, 0.6) is 0 Å². The van der Waals surface area contributed by atoms with E-state index >= 15 is 0 Å². The number of benzene rings is 1. The topological polar surface area (TPSA) is 49.8 Å². The van der Waals surface area contributed by atoms with Crippen molar-refractivity contribution in [2.45, 2.75) is 12.5 Å². The number of halogens is 2. The van der Waals surface area contributed by atoms with Crippen LogP contribution >= 0.6 is 12.4 Å². The number of alkyl halides is 1. The van der Waals surface area contributed by atoms with Crippen LogP contribution in [-0.4, -0.2) is 6.67 Å². The zero-order valence-corrected chi connectivity index (χ0v) is 8.43. The number of rotatable bonds is 3. The zero-order valence-electron chi connectivity index (χ0n) is 7.61. The van der Waals surface area contributed by atoms with Crippen LogP contribution in [0.15, 0.2) is 24.3 Å².